The molecule has 0 unspecified atom stereocenters. The Bertz CT molecular complexity index is 702. The molecule has 0 atom stereocenters. The molecule has 0 bridgehead atoms. The van der Waals surface area contributed by atoms with Crippen molar-refractivity contribution in [3.05, 3.63) is 30.3 Å². The zero-order chi connectivity index (χ0) is 17.9. The highest BCUT2D eigenvalue weighted by Gasteiger charge is 2.40. The van der Waals surface area contributed by atoms with Gasteiger partial charge in [0.25, 0.3) is 0 Å². The molecule has 1 amide bonds. The minimum Gasteiger partial charge on any atom is -0.381 e. The van der Waals surface area contributed by atoms with Crippen LogP contribution in [0.2, 0.25) is 0 Å². The quantitative estimate of drug-likeness (QED) is 0.836. The van der Waals surface area contributed by atoms with Gasteiger partial charge in [-0.15, -0.1) is 0 Å². The van der Waals surface area contributed by atoms with Gasteiger partial charge >= 0.3 is 0 Å². The van der Waals surface area contributed by atoms with Crippen molar-refractivity contribution in [1.29, 1.82) is 0 Å². The van der Waals surface area contributed by atoms with Crippen LogP contribution in [0.4, 0.5) is 0 Å². The number of sulfonamides is 1. The Balaban J connectivity index is 1.69. The molecule has 0 radical (unpaired) electrons. The first-order valence-electron chi connectivity index (χ1n) is 8.65. The molecule has 2 aliphatic heterocycles. The molecule has 2 N–H and O–H groups in total. The Hall–Kier alpha value is -1.48. The number of hydrogen-bond donors (Lipinski definition) is 1. The smallest absolute Gasteiger partial charge is 0.243 e. The minimum atomic E-state index is -3.53. The molecule has 0 saturated carbocycles. The van der Waals surface area contributed by atoms with E-state index in [1.807, 2.05) is 0 Å². The lowest BCUT2D eigenvalue weighted by Gasteiger charge is -2.36. The molecule has 2 saturated heterocycles. The number of carbonyl (C=O) groups is 1. The highest BCUT2D eigenvalue weighted by molar-refractivity contribution is 7.89. The second-order valence-electron chi connectivity index (χ2n) is 6.63. The van der Waals surface area contributed by atoms with E-state index in [4.69, 9.17) is 10.5 Å². The topological polar surface area (TPSA) is 92.9 Å². The van der Waals surface area contributed by atoms with Crippen LogP contribution in [0.5, 0.6) is 0 Å². The molecular weight excluding hydrogens is 342 g/mol. The lowest BCUT2D eigenvalue weighted by atomic mass is 9.89. The summed E-state index contributed by atoms with van der Waals surface area (Å²) in [5.74, 6) is -0.0882. The molecule has 0 spiro atoms. The second-order valence-corrected chi connectivity index (χ2v) is 8.57. The van der Waals surface area contributed by atoms with E-state index in [2.05, 4.69) is 0 Å². The number of nitrogens with two attached hydrogens (primary N) is 1. The van der Waals surface area contributed by atoms with Crippen LogP contribution in [-0.2, 0) is 19.6 Å². The molecule has 138 valence electrons. The third kappa shape index (κ3) is 3.87. The average Bonchev–Trinajstić information content (AvgIpc) is 2.89. The number of benzene rings is 1. The van der Waals surface area contributed by atoms with Crippen LogP contribution >= 0.6 is 0 Å². The fourth-order valence-electron chi connectivity index (χ4n) is 3.34. The van der Waals surface area contributed by atoms with Crippen molar-refractivity contribution in [2.24, 2.45) is 5.73 Å². The molecule has 1 aromatic carbocycles. The van der Waals surface area contributed by atoms with Crippen LogP contribution in [0.25, 0.3) is 0 Å². The van der Waals surface area contributed by atoms with Crippen molar-refractivity contribution >= 4 is 15.9 Å². The molecule has 0 aromatic heterocycles. The van der Waals surface area contributed by atoms with Gasteiger partial charge in [-0.2, -0.15) is 4.31 Å². The summed E-state index contributed by atoms with van der Waals surface area (Å²) >= 11 is 0. The molecular formula is C17H25N3O4S. The van der Waals surface area contributed by atoms with Crippen molar-refractivity contribution in [3.8, 4) is 0 Å². The predicted molar refractivity (Wildman–Crippen MR) is 93.4 cm³/mol. The lowest BCUT2D eigenvalue weighted by Crippen LogP contribution is -2.58. The number of nitrogens with zero attached hydrogens (tertiary/aromatic N) is 2. The standard InChI is InChI=1S/C17H25N3O4S/c18-17(7-13-24-14-8-17)16(21)19-9-4-10-20(12-11-19)25(22,23)15-5-2-1-3-6-15/h1-3,5-6H,4,7-14,18H2. The summed E-state index contributed by atoms with van der Waals surface area (Å²) in [6.45, 7) is 2.57. The van der Waals surface area contributed by atoms with Crippen molar-refractivity contribution in [2.75, 3.05) is 39.4 Å². The molecule has 7 nitrogen and oxygen atoms in total. The second kappa shape index (κ2) is 7.41. The van der Waals surface area contributed by atoms with E-state index < -0.39 is 15.6 Å². The normalized spacial score (nSPS) is 22.4. The van der Waals surface area contributed by atoms with Gasteiger partial charge in [0.2, 0.25) is 15.9 Å². The molecule has 0 aliphatic carbocycles. The van der Waals surface area contributed by atoms with E-state index in [0.29, 0.717) is 52.1 Å². The van der Waals surface area contributed by atoms with Gasteiger partial charge in [-0.25, -0.2) is 8.42 Å². The van der Waals surface area contributed by atoms with E-state index in [9.17, 15) is 13.2 Å². The van der Waals surface area contributed by atoms with Crippen molar-refractivity contribution < 1.29 is 17.9 Å². The van der Waals surface area contributed by atoms with E-state index in [1.54, 1.807) is 35.2 Å². The van der Waals surface area contributed by atoms with Gasteiger partial charge in [-0.05, 0) is 31.4 Å². The highest BCUT2D eigenvalue weighted by atomic mass is 32.2. The number of amides is 1. The van der Waals surface area contributed by atoms with E-state index in [0.717, 1.165) is 0 Å². The first-order valence-corrected chi connectivity index (χ1v) is 10.1. The van der Waals surface area contributed by atoms with Gasteiger partial charge in [-0.1, -0.05) is 18.2 Å². The first kappa shape index (κ1) is 18.3. The van der Waals surface area contributed by atoms with Gasteiger partial charge < -0.3 is 15.4 Å². The summed E-state index contributed by atoms with van der Waals surface area (Å²) in [6.07, 6.45) is 1.62. The van der Waals surface area contributed by atoms with Crippen molar-refractivity contribution in [2.45, 2.75) is 29.7 Å². The molecule has 2 aliphatic rings. The Morgan fingerprint density at radius 1 is 1.04 bits per heavy atom. The fourth-order valence-corrected chi connectivity index (χ4v) is 4.83. The van der Waals surface area contributed by atoms with Crippen LogP contribution in [-0.4, -0.2) is 68.5 Å². The third-order valence-corrected chi connectivity index (χ3v) is 6.85. The lowest BCUT2D eigenvalue weighted by molar-refractivity contribution is -0.140. The summed E-state index contributed by atoms with van der Waals surface area (Å²) in [5.41, 5.74) is 5.41. The van der Waals surface area contributed by atoms with Crippen LogP contribution in [0.15, 0.2) is 35.2 Å². The van der Waals surface area contributed by atoms with Gasteiger partial charge in [0.1, 0.15) is 0 Å². The maximum atomic E-state index is 12.8. The van der Waals surface area contributed by atoms with Crippen LogP contribution in [0.3, 0.4) is 0 Å². The zero-order valence-electron chi connectivity index (χ0n) is 14.3. The molecule has 2 heterocycles. The largest absolute Gasteiger partial charge is 0.381 e. The average molecular weight is 367 g/mol. The van der Waals surface area contributed by atoms with Crippen molar-refractivity contribution in [1.82, 2.24) is 9.21 Å². The molecule has 3 rings (SSSR count). The zero-order valence-corrected chi connectivity index (χ0v) is 15.1. The Morgan fingerprint density at radius 3 is 2.40 bits per heavy atom. The maximum absolute atomic E-state index is 12.8. The maximum Gasteiger partial charge on any atom is 0.243 e. The summed E-state index contributed by atoms with van der Waals surface area (Å²) in [6, 6.07) is 8.41. The summed E-state index contributed by atoms with van der Waals surface area (Å²) in [5, 5.41) is 0. The number of ether oxygens (including phenoxy) is 1. The molecule has 25 heavy (non-hydrogen) atoms. The van der Waals surface area contributed by atoms with Crippen LogP contribution < -0.4 is 5.73 Å². The van der Waals surface area contributed by atoms with E-state index >= 15 is 0 Å². The predicted octanol–water partition coefficient (Wildman–Crippen LogP) is 0.418. The van der Waals surface area contributed by atoms with Gasteiger partial charge in [0, 0.05) is 39.4 Å². The minimum absolute atomic E-state index is 0.0882. The number of rotatable bonds is 3. The van der Waals surface area contributed by atoms with Crippen molar-refractivity contribution in [3.63, 3.8) is 0 Å². The summed E-state index contributed by atoms with van der Waals surface area (Å²) in [7, 11) is -3.53. The highest BCUT2D eigenvalue weighted by Crippen LogP contribution is 2.23. The Morgan fingerprint density at radius 2 is 1.72 bits per heavy atom. The SMILES string of the molecule is NC1(C(=O)N2CCCN(S(=O)(=O)c3ccccc3)CC2)CCOCC1. The van der Waals surface area contributed by atoms with E-state index in [-0.39, 0.29) is 17.3 Å². The molecule has 2 fully saturated rings. The summed E-state index contributed by atoms with van der Waals surface area (Å²) < 4.78 is 32.3. The first-order chi connectivity index (χ1) is 11.9. The van der Waals surface area contributed by atoms with E-state index in [1.165, 1.54) is 4.31 Å². The Kier molecular flexibility index (Phi) is 5.43. The van der Waals surface area contributed by atoms with Crippen LogP contribution in [0.1, 0.15) is 19.3 Å². The third-order valence-electron chi connectivity index (χ3n) is 4.93. The molecule has 8 heteroatoms. The summed E-state index contributed by atoms with van der Waals surface area (Å²) in [4.78, 5) is 14.8. The fraction of sp³-hybridized carbons (Fsp3) is 0.588. The van der Waals surface area contributed by atoms with Gasteiger partial charge in [-0.3, -0.25) is 4.79 Å². The number of hydrogen-bond acceptors (Lipinski definition) is 5. The Labute approximate surface area is 148 Å². The van der Waals surface area contributed by atoms with Crippen LogP contribution in [0, 0.1) is 0 Å². The monoisotopic (exact) mass is 367 g/mol. The number of carbonyl (C=O) groups excluding carboxylic acids is 1. The van der Waals surface area contributed by atoms with Gasteiger partial charge in [0.05, 0.1) is 10.4 Å². The molecule has 1 aromatic rings. The van der Waals surface area contributed by atoms with Gasteiger partial charge in [0.15, 0.2) is 0 Å².